The van der Waals surface area contributed by atoms with Crippen molar-refractivity contribution in [3.63, 3.8) is 0 Å². The number of carbonyl (C=O) groups is 2. The van der Waals surface area contributed by atoms with Crippen LogP contribution in [0.15, 0.2) is 85.2 Å². The van der Waals surface area contributed by atoms with E-state index in [1.54, 1.807) is 23.0 Å². The van der Waals surface area contributed by atoms with Crippen LogP contribution in [0, 0.1) is 0 Å². The van der Waals surface area contributed by atoms with Gasteiger partial charge in [0.2, 0.25) is 0 Å². The van der Waals surface area contributed by atoms with Crippen molar-refractivity contribution in [1.29, 1.82) is 0 Å². The lowest BCUT2D eigenvalue weighted by atomic mass is 10.0. The molecule has 1 N–H and O–H groups in total. The Balaban J connectivity index is 1.23. The highest BCUT2D eigenvalue weighted by Gasteiger charge is 2.26. The minimum atomic E-state index is -0.172. The van der Waals surface area contributed by atoms with E-state index in [4.69, 9.17) is 0 Å². The molecule has 1 aromatic heterocycles. The van der Waals surface area contributed by atoms with Crippen LogP contribution in [-0.4, -0.2) is 28.0 Å². The van der Waals surface area contributed by atoms with Crippen LogP contribution in [-0.2, 0) is 6.42 Å². The van der Waals surface area contributed by atoms with Crippen LogP contribution in [0.1, 0.15) is 31.8 Å². The summed E-state index contributed by atoms with van der Waals surface area (Å²) in [4.78, 5) is 25.2. The lowest BCUT2D eigenvalue weighted by Gasteiger charge is -2.08. The van der Waals surface area contributed by atoms with Gasteiger partial charge in [-0.25, -0.2) is 4.68 Å². The van der Waals surface area contributed by atoms with Crippen LogP contribution in [0.4, 0.5) is 0 Å². The van der Waals surface area contributed by atoms with E-state index >= 15 is 0 Å². The van der Waals surface area contributed by atoms with Crippen LogP contribution in [0.3, 0.4) is 0 Å². The first-order valence-electron chi connectivity index (χ1n) is 9.86. The molecule has 5 heteroatoms. The number of carbonyl (C=O) groups excluding carboxylic acids is 2. The molecule has 0 aliphatic heterocycles. The highest BCUT2D eigenvalue weighted by Crippen LogP contribution is 2.36. The summed E-state index contributed by atoms with van der Waals surface area (Å²) in [5.74, 6) is -0.192. The van der Waals surface area contributed by atoms with Crippen LogP contribution >= 0.6 is 0 Å². The van der Waals surface area contributed by atoms with Crippen LogP contribution < -0.4 is 5.32 Å². The Hall–Kier alpha value is -3.99. The molecule has 0 atom stereocenters. The third-order valence-electron chi connectivity index (χ3n) is 5.39. The van der Waals surface area contributed by atoms with Gasteiger partial charge in [0.05, 0.1) is 5.69 Å². The zero-order valence-corrected chi connectivity index (χ0v) is 16.2. The van der Waals surface area contributed by atoms with Crippen molar-refractivity contribution in [3.05, 3.63) is 107 Å². The van der Waals surface area contributed by atoms with Gasteiger partial charge in [0.25, 0.3) is 5.91 Å². The van der Waals surface area contributed by atoms with E-state index in [1.807, 2.05) is 66.9 Å². The number of ketones is 1. The Morgan fingerprint density at radius 2 is 1.63 bits per heavy atom. The molecule has 0 bridgehead atoms. The lowest BCUT2D eigenvalue weighted by Crippen LogP contribution is -2.25. The predicted molar refractivity (Wildman–Crippen MR) is 115 cm³/mol. The SMILES string of the molecule is O=C(NCCc1ccc(-n2cccn2)cc1)c1ccc2c(c1)C(=O)c1ccccc1-2. The fourth-order valence-electron chi connectivity index (χ4n) is 3.83. The van der Waals surface area contributed by atoms with E-state index in [-0.39, 0.29) is 11.7 Å². The normalized spacial score (nSPS) is 11.8. The molecule has 0 fully saturated rings. The van der Waals surface area contributed by atoms with Gasteiger partial charge in [0.1, 0.15) is 0 Å². The summed E-state index contributed by atoms with van der Waals surface area (Å²) in [6, 6.07) is 22.9. The molecule has 3 aromatic carbocycles. The number of rotatable bonds is 5. The molecule has 146 valence electrons. The van der Waals surface area contributed by atoms with Crippen molar-refractivity contribution in [2.45, 2.75) is 6.42 Å². The van der Waals surface area contributed by atoms with E-state index < -0.39 is 0 Å². The molecule has 30 heavy (non-hydrogen) atoms. The van der Waals surface area contributed by atoms with Crippen molar-refractivity contribution in [1.82, 2.24) is 15.1 Å². The minimum absolute atomic E-state index is 0.0208. The Kier molecular flexibility index (Phi) is 4.48. The number of amides is 1. The quantitative estimate of drug-likeness (QED) is 0.490. The number of hydrogen-bond acceptors (Lipinski definition) is 3. The Morgan fingerprint density at radius 1 is 0.867 bits per heavy atom. The maximum Gasteiger partial charge on any atom is 0.251 e. The van der Waals surface area contributed by atoms with Crippen molar-refractivity contribution < 1.29 is 9.59 Å². The van der Waals surface area contributed by atoms with E-state index in [2.05, 4.69) is 10.4 Å². The van der Waals surface area contributed by atoms with Gasteiger partial charge >= 0.3 is 0 Å². The number of nitrogens with one attached hydrogen (secondary N) is 1. The smallest absolute Gasteiger partial charge is 0.251 e. The topological polar surface area (TPSA) is 64.0 Å². The molecule has 0 radical (unpaired) electrons. The van der Waals surface area contributed by atoms with Crippen molar-refractivity contribution in [3.8, 4) is 16.8 Å². The molecule has 4 aromatic rings. The molecule has 0 saturated carbocycles. The van der Waals surface area contributed by atoms with E-state index in [0.29, 0.717) is 23.2 Å². The lowest BCUT2D eigenvalue weighted by molar-refractivity contribution is 0.0954. The molecule has 1 aliphatic carbocycles. The summed E-state index contributed by atoms with van der Waals surface area (Å²) in [5.41, 5.74) is 5.75. The number of hydrogen-bond donors (Lipinski definition) is 1. The molecule has 1 heterocycles. The van der Waals surface area contributed by atoms with Crippen LogP contribution in [0.5, 0.6) is 0 Å². The first-order chi connectivity index (χ1) is 14.7. The first-order valence-corrected chi connectivity index (χ1v) is 9.86. The number of nitrogens with zero attached hydrogens (tertiary/aromatic N) is 2. The molecular weight excluding hydrogens is 374 g/mol. The van der Waals surface area contributed by atoms with Gasteiger partial charge in [-0.3, -0.25) is 9.59 Å². The third kappa shape index (κ3) is 3.20. The van der Waals surface area contributed by atoms with Gasteiger partial charge in [-0.05, 0) is 53.4 Å². The second kappa shape index (κ2) is 7.44. The van der Waals surface area contributed by atoms with Gasteiger partial charge in [-0.2, -0.15) is 5.10 Å². The van der Waals surface area contributed by atoms with Crippen LogP contribution in [0.2, 0.25) is 0 Å². The average Bonchev–Trinajstić information content (AvgIpc) is 3.42. The zero-order valence-electron chi connectivity index (χ0n) is 16.2. The summed E-state index contributed by atoms with van der Waals surface area (Å²) in [6.07, 6.45) is 4.37. The second-order valence-corrected chi connectivity index (χ2v) is 7.26. The fourth-order valence-corrected chi connectivity index (χ4v) is 3.83. The second-order valence-electron chi connectivity index (χ2n) is 7.26. The zero-order chi connectivity index (χ0) is 20.5. The average molecular weight is 393 g/mol. The van der Waals surface area contributed by atoms with Crippen molar-refractivity contribution in [2.75, 3.05) is 6.54 Å². The Bertz CT molecular complexity index is 1240. The maximum atomic E-state index is 12.6. The third-order valence-corrected chi connectivity index (χ3v) is 5.39. The molecule has 5 nitrogen and oxygen atoms in total. The summed E-state index contributed by atoms with van der Waals surface area (Å²) < 4.78 is 1.80. The highest BCUT2D eigenvalue weighted by molar-refractivity contribution is 6.22. The molecule has 1 aliphatic rings. The van der Waals surface area contributed by atoms with E-state index in [9.17, 15) is 9.59 Å². The van der Waals surface area contributed by atoms with Crippen molar-refractivity contribution >= 4 is 11.7 Å². The molecule has 1 amide bonds. The monoisotopic (exact) mass is 393 g/mol. The van der Waals surface area contributed by atoms with Crippen molar-refractivity contribution in [2.24, 2.45) is 0 Å². The summed E-state index contributed by atoms with van der Waals surface area (Å²) >= 11 is 0. The summed E-state index contributed by atoms with van der Waals surface area (Å²) in [5, 5.41) is 7.16. The number of benzene rings is 3. The van der Waals surface area contributed by atoms with Gasteiger partial charge in [-0.1, -0.05) is 42.5 Å². The standard InChI is InChI=1S/C25H19N3O2/c29-24-22-5-2-1-4-20(22)21-11-8-18(16-23(21)24)25(30)26-14-12-17-6-9-19(10-7-17)28-15-3-13-27-28/h1-11,13,15-16H,12,14H2,(H,26,30). The minimum Gasteiger partial charge on any atom is -0.352 e. The van der Waals surface area contributed by atoms with E-state index in [0.717, 1.165) is 28.8 Å². The molecule has 0 saturated heterocycles. The molecule has 0 unspecified atom stereocenters. The number of aromatic nitrogens is 2. The largest absolute Gasteiger partial charge is 0.352 e. The predicted octanol–water partition coefficient (Wildman–Crippen LogP) is 4.06. The fraction of sp³-hybridized carbons (Fsp3) is 0.0800. The Morgan fingerprint density at radius 3 is 2.40 bits per heavy atom. The summed E-state index contributed by atoms with van der Waals surface area (Å²) in [6.45, 7) is 0.519. The van der Waals surface area contributed by atoms with Crippen LogP contribution in [0.25, 0.3) is 16.8 Å². The van der Waals surface area contributed by atoms with Gasteiger partial charge in [0.15, 0.2) is 5.78 Å². The van der Waals surface area contributed by atoms with Gasteiger partial charge < -0.3 is 5.32 Å². The highest BCUT2D eigenvalue weighted by atomic mass is 16.1. The number of fused-ring (bicyclic) bond motifs is 3. The maximum absolute atomic E-state index is 12.6. The summed E-state index contributed by atoms with van der Waals surface area (Å²) in [7, 11) is 0. The Labute approximate surface area is 174 Å². The van der Waals surface area contributed by atoms with E-state index in [1.165, 1.54) is 0 Å². The van der Waals surface area contributed by atoms with Gasteiger partial charge in [-0.15, -0.1) is 0 Å². The molecular formula is C25H19N3O2. The first kappa shape index (κ1) is 18.1. The molecule has 5 rings (SSSR count). The molecule has 0 spiro atoms. The van der Waals surface area contributed by atoms with Gasteiger partial charge in [0, 0.05) is 35.6 Å².